The Kier molecular flexibility index (Phi) is 4.85. The second-order valence-corrected chi connectivity index (χ2v) is 4.25. The first-order valence-corrected chi connectivity index (χ1v) is 5.81. The maximum Gasteiger partial charge on any atom is 0.119 e. The van der Waals surface area contributed by atoms with Gasteiger partial charge in [0.2, 0.25) is 0 Å². The van der Waals surface area contributed by atoms with Crippen molar-refractivity contribution in [1.82, 2.24) is 0 Å². The third kappa shape index (κ3) is 3.94. The van der Waals surface area contributed by atoms with Gasteiger partial charge in [-0.2, -0.15) is 5.26 Å². The van der Waals surface area contributed by atoms with Crippen molar-refractivity contribution in [2.75, 3.05) is 0 Å². The number of rotatable bonds is 5. The largest absolute Gasteiger partial charge is 0.491 e. The Labute approximate surface area is 97.9 Å². The molecular weight excluding hydrogens is 198 g/mol. The third-order valence-corrected chi connectivity index (χ3v) is 2.45. The predicted octanol–water partition coefficient (Wildman–Crippen LogP) is 3.57. The molecule has 1 unspecified atom stereocenters. The molecule has 1 atom stereocenters. The molecule has 16 heavy (non-hydrogen) atoms. The van der Waals surface area contributed by atoms with Crippen LogP contribution in [0, 0.1) is 17.2 Å². The molecule has 0 N–H and O–H groups in total. The van der Waals surface area contributed by atoms with E-state index in [9.17, 15) is 0 Å². The second-order valence-electron chi connectivity index (χ2n) is 4.25. The van der Waals surface area contributed by atoms with Crippen LogP contribution in [0.3, 0.4) is 0 Å². The smallest absolute Gasteiger partial charge is 0.119 e. The highest BCUT2D eigenvalue weighted by molar-refractivity contribution is 5.28. The van der Waals surface area contributed by atoms with Crippen LogP contribution in [0.15, 0.2) is 24.3 Å². The molecule has 2 heteroatoms. The lowest BCUT2D eigenvalue weighted by molar-refractivity contribution is 0.242. The molecule has 0 aliphatic heterocycles. The Bertz CT molecular complexity index is 348. The van der Waals surface area contributed by atoms with Crippen LogP contribution >= 0.6 is 0 Å². The zero-order valence-electron chi connectivity index (χ0n) is 10.2. The summed E-state index contributed by atoms with van der Waals surface area (Å²) in [5.41, 5.74) is 1.20. The molecule has 0 saturated heterocycles. The normalized spacial score (nSPS) is 12.2. The number of hydrogen-bond acceptors (Lipinski definition) is 2. The Balaban J connectivity index is 2.61. The number of nitriles is 1. The van der Waals surface area contributed by atoms with Crippen LogP contribution in [0.1, 0.15) is 32.8 Å². The summed E-state index contributed by atoms with van der Waals surface area (Å²) in [6, 6.07) is 10.3. The van der Waals surface area contributed by atoms with Gasteiger partial charge in [0.1, 0.15) is 5.75 Å². The average molecular weight is 217 g/mol. The van der Waals surface area contributed by atoms with E-state index in [2.05, 4.69) is 6.07 Å². The molecule has 1 aromatic rings. The van der Waals surface area contributed by atoms with E-state index in [4.69, 9.17) is 10.00 Å². The number of benzene rings is 1. The van der Waals surface area contributed by atoms with Crippen molar-refractivity contribution in [2.45, 2.75) is 39.7 Å². The van der Waals surface area contributed by atoms with Crippen LogP contribution in [0.5, 0.6) is 5.75 Å². The first kappa shape index (κ1) is 12.6. The van der Waals surface area contributed by atoms with Crippen molar-refractivity contribution in [2.24, 2.45) is 5.92 Å². The summed E-state index contributed by atoms with van der Waals surface area (Å²) in [6.45, 7) is 6.07. The van der Waals surface area contributed by atoms with Crippen molar-refractivity contribution in [3.05, 3.63) is 29.8 Å². The van der Waals surface area contributed by atoms with Crippen LogP contribution in [0.25, 0.3) is 0 Å². The molecule has 1 aromatic carbocycles. The van der Waals surface area contributed by atoms with Gasteiger partial charge in [0, 0.05) is 0 Å². The molecular formula is C14H19NO. The Morgan fingerprint density at radius 2 is 1.88 bits per heavy atom. The number of nitrogens with zero attached hydrogens (tertiary/aromatic N) is 1. The van der Waals surface area contributed by atoms with E-state index in [0.29, 0.717) is 0 Å². The van der Waals surface area contributed by atoms with E-state index in [0.717, 1.165) is 18.6 Å². The van der Waals surface area contributed by atoms with Gasteiger partial charge in [0.25, 0.3) is 0 Å². The van der Waals surface area contributed by atoms with Crippen molar-refractivity contribution in [3.8, 4) is 11.8 Å². The fourth-order valence-electron chi connectivity index (χ4n) is 1.54. The standard InChI is InChI=1S/C14H19NO/c1-4-12(10-15)9-13-5-7-14(8-6-13)16-11(2)3/h5-8,11-12H,4,9H2,1-3H3. The lowest BCUT2D eigenvalue weighted by Gasteiger charge is -2.11. The van der Waals surface area contributed by atoms with Crippen LogP contribution in [0.4, 0.5) is 0 Å². The molecule has 0 heterocycles. The minimum absolute atomic E-state index is 0.122. The van der Waals surface area contributed by atoms with Gasteiger partial charge in [0.05, 0.1) is 18.1 Å². The summed E-state index contributed by atoms with van der Waals surface area (Å²) in [6.07, 6.45) is 1.93. The molecule has 0 saturated carbocycles. The van der Waals surface area contributed by atoms with Gasteiger partial charge >= 0.3 is 0 Å². The minimum atomic E-state index is 0.122. The SMILES string of the molecule is CCC(C#N)Cc1ccc(OC(C)C)cc1. The van der Waals surface area contributed by atoms with E-state index in [-0.39, 0.29) is 12.0 Å². The predicted molar refractivity (Wildman–Crippen MR) is 65.3 cm³/mol. The molecule has 0 spiro atoms. The zero-order valence-corrected chi connectivity index (χ0v) is 10.2. The van der Waals surface area contributed by atoms with E-state index in [1.807, 2.05) is 45.0 Å². The van der Waals surface area contributed by atoms with Crippen LogP contribution in [-0.4, -0.2) is 6.10 Å². The second kappa shape index (κ2) is 6.17. The van der Waals surface area contributed by atoms with Crippen molar-refractivity contribution < 1.29 is 4.74 Å². The summed E-state index contributed by atoms with van der Waals surface area (Å²) in [4.78, 5) is 0. The molecule has 86 valence electrons. The van der Waals surface area contributed by atoms with Crippen LogP contribution in [0.2, 0.25) is 0 Å². The molecule has 0 radical (unpaired) electrons. The van der Waals surface area contributed by atoms with Gasteiger partial charge in [-0.1, -0.05) is 19.1 Å². The van der Waals surface area contributed by atoms with E-state index < -0.39 is 0 Å². The van der Waals surface area contributed by atoms with Crippen molar-refractivity contribution in [3.63, 3.8) is 0 Å². The van der Waals surface area contributed by atoms with E-state index >= 15 is 0 Å². The van der Waals surface area contributed by atoms with Crippen LogP contribution < -0.4 is 4.74 Å². The summed E-state index contributed by atoms with van der Waals surface area (Å²) in [5.74, 6) is 1.01. The highest BCUT2D eigenvalue weighted by atomic mass is 16.5. The molecule has 0 fully saturated rings. The topological polar surface area (TPSA) is 33.0 Å². The zero-order chi connectivity index (χ0) is 12.0. The Morgan fingerprint density at radius 3 is 2.31 bits per heavy atom. The van der Waals surface area contributed by atoms with Crippen molar-refractivity contribution in [1.29, 1.82) is 5.26 Å². The third-order valence-electron chi connectivity index (χ3n) is 2.45. The van der Waals surface area contributed by atoms with Gasteiger partial charge in [-0.05, 0) is 44.4 Å². The van der Waals surface area contributed by atoms with Gasteiger partial charge < -0.3 is 4.74 Å². The molecule has 0 aliphatic carbocycles. The summed E-state index contributed by atoms with van der Waals surface area (Å²) >= 11 is 0. The first-order valence-electron chi connectivity index (χ1n) is 5.81. The fraction of sp³-hybridized carbons (Fsp3) is 0.500. The molecule has 1 rings (SSSR count). The lowest BCUT2D eigenvalue weighted by Crippen LogP contribution is -2.05. The van der Waals surface area contributed by atoms with E-state index in [1.165, 1.54) is 5.56 Å². The molecule has 0 amide bonds. The minimum Gasteiger partial charge on any atom is -0.491 e. The maximum atomic E-state index is 8.89. The van der Waals surface area contributed by atoms with Gasteiger partial charge in [-0.3, -0.25) is 0 Å². The van der Waals surface area contributed by atoms with Crippen LogP contribution in [-0.2, 0) is 6.42 Å². The first-order chi connectivity index (χ1) is 7.65. The van der Waals surface area contributed by atoms with E-state index in [1.54, 1.807) is 0 Å². The highest BCUT2D eigenvalue weighted by Crippen LogP contribution is 2.17. The summed E-state index contributed by atoms with van der Waals surface area (Å²) in [7, 11) is 0. The Hall–Kier alpha value is -1.49. The quantitative estimate of drug-likeness (QED) is 0.755. The van der Waals surface area contributed by atoms with Gasteiger partial charge in [-0.25, -0.2) is 0 Å². The maximum absolute atomic E-state index is 8.89. The molecule has 2 nitrogen and oxygen atoms in total. The van der Waals surface area contributed by atoms with Gasteiger partial charge in [0.15, 0.2) is 0 Å². The lowest BCUT2D eigenvalue weighted by atomic mass is 9.98. The number of hydrogen-bond donors (Lipinski definition) is 0. The van der Waals surface area contributed by atoms with Crippen molar-refractivity contribution >= 4 is 0 Å². The van der Waals surface area contributed by atoms with Gasteiger partial charge in [-0.15, -0.1) is 0 Å². The summed E-state index contributed by atoms with van der Waals surface area (Å²) < 4.78 is 5.56. The average Bonchev–Trinajstić information content (AvgIpc) is 2.27. The highest BCUT2D eigenvalue weighted by Gasteiger charge is 2.06. The molecule has 0 bridgehead atoms. The Morgan fingerprint density at radius 1 is 1.25 bits per heavy atom. The summed E-state index contributed by atoms with van der Waals surface area (Å²) in [5, 5.41) is 8.89. The molecule has 0 aromatic heterocycles. The monoisotopic (exact) mass is 217 g/mol. The fourth-order valence-corrected chi connectivity index (χ4v) is 1.54. The number of ether oxygens (including phenoxy) is 1. The molecule has 0 aliphatic rings.